The summed E-state index contributed by atoms with van der Waals surface area (Å²) in [6, 6.07) is 12.4. The average Bonchev–Trinajstić information content (AvgIpc) is 2.46. The molecule has 0 heterocycles. The van der Waals surface area contributed by atoms with Crippen LogP contribution in [-0.2, 0) is 10.0 Å². The number of benzene rings is 2. The lowest BCUT2D eigenvalue weighted by Crippen LogP contribution is -2.28. The first-order valence-electron chi connectivity index (χ1n) is 7.32. The van der Waals surface area contributed by atoms with Gasteiger partial charge in [0.1, 0.15) is 4.90 Å². The summed E-state index contributed by atoms with van der Waals surface area (Å²) < 4.78 is 27.9. The molecule has 0 amide bonds. The molecule has 6 nitrogen and oxygen atoms in total. The zero-order chi connectivity index (χ0) is 18.0. The Morgan fingerprint density at radius 1 is 1.04 bits per heavy atom. The van der Waals surface area contributed by atoms with Crippen LogP contribution in [-0.4, -0.2) is 25.0 Å². The molecule has 3 N–H and O–H groups in total. The molecule has 2 aromatic carbocycles. The summed E-state index contributed by atoms with van der Waals surface area (Å²) in [5.41, 5.74) is 0.264. The summed E-state index contributed by atoms with van der Waals surface area (Å²) in [6.45, 7) is 5.66. The Hall–Kier alpha value is -2.54. The molecular formula is C17H20N2O4S. The zero-order valence-electron chi connectivity index (χ0n) is 13.7. The lowest BCUT2D eigenvalue weighted by atomic mass is 10.1. The van der Waals surface area contributed by atoms with Crippen LogP contribution in [0.15, 0.2) is 53.4 Å². The summed E-state index contributed by atoms with van der Waals surface area (Å²) in [7, 11) is -3.95. The van der Waals surface area contributed by atoms with Gasteiger partial charge in [-0.15, -0.1) is 0 Å². The fourth-order valence-electron chi connectivity index (χ4n) is 2.10. The van der Waals surface area contributed by atoms with Gasteiger partial charge in [-0.05, 0) is 51.1 Å². The van der Waals surface area contributed by atoms with Gasteiger partial charge in [0.2, 0.25) is 0 Å². The van der Waals surface area contributed by atoms with E-state index >= 15 is 0 Å². The second kappa shape index (κ2) is 6.52. The van der Waals surface area contributed by atoms with E-state index in [1.54, 1.807) is 30.3 Å². The minimum Gasteiger partial charge on any atom is -0.478 e. The fourth-order valence-corrected chi connectivity index (χ4v) is 3.35. The Bertz CT molecular complexity index is 841. The van der Waals surface area contributed by atoms with E-state index in [2.05, 4.69) is 10.0 Å². The third-order valence-electron chi connectivity index (χ3n) is 3.05. The van der Waals surface area contributed by atoms with Crippen LogP contribution in [0.2, 0.25) is 0 Å². The molecule has 0 unspecified atom stereocenters. The first kappa shape index (κ1) is 17.8. The predicted molar refractivity (Wildman–Crippen MR) is 94.0 cm³/mol. The topological polar surface area (TPSA) is 95.5 Å². The van der Waals surface area contributed by atoms with Crippen molar-refractivity contribution in [1.82, 2.24) is 0 Å². The van der Waals surface area contributed by atoms with Gasteiger partial charge in [-0.1, -0.05) is 18.2 Å². The van der Waals surface area contributed by atoms with Crippen molar-refractivity contribution in [1.29, 1.82) is 0 Å². The van der Waals surface area contributed by atoms with E-state index in [1.165, 1.54) is 12.1 Å². The van der Waals surface area contributed by atoms with Crippen molar-refractivity contribution in [2.24, 2.45) is 0 Å². The van der Waals surface area contributed by atoms with Crippen LogP contribution in [0.1, 0.15) is 31.1 Å². The van der Waals surface area contributed by atoms with E-state index in [9.17, 15) is 13.2 Å². The number of hydrogen-bond acceptors (Lipinski definition) is 4. The summed E-state index contributed by atoms with van der Waals surface area (Å²) in [5.74, 6) is -1.19. The van der Waals surface area contributed by atoms with Crippen LogP contribution in [0.4, 0.5) is 11.4 Å². The molecule has 0 atom stereocenters. The second-order valence-corrected chi connectivity index (χ2v) is 8.01. The SMILES string of the molecule is CC(C)(C)Nc1ccc(C(=O)O)cc1S(=O)(=O)Nc1ccccc1. The summed E-state index contributed by atoms with van der Waals surface area (Å²) in [5, 5.41) is 12.2. The second-order valence-electron chi connectivity index (χ2n) is 6.36. The number of carboxylic acid groups (broad SMARTS) is 1. The summed E-state index contributed by atoms with van der Waals surface area (Å²) in [6.07, 6.45) is 0. The van der Waals surface area contributed by atoms with Crippen molar-refractivity contribution < 1.29 is 18.3 Å². The number of anilines is 2. The van der Waals surface area contributed by atoms with E-state index in [0.29, 0.717) is 11.4 Å². The molecular weight excluding hydrogens is 328 g/mol. The van der Waals surface area contributed by atoms with E-state index < -0.39 is 16.0 Å². The highest BCUT2D eigenvalue weighted by Crippen LogP contribution is 2.27. The standard InChI is InChI=1S/C17H20N2O4S/c1-17(2,3)18-14-10-9-12(16(20)21)11-15(14)24(22,23)19-13-7-5-4-6-8-13/h4-11,18-19H,1-3H3,(H,20,21). The van der Waals surface area contributed by atoms with Crippen molar-refractivity contribution >= 4 is 27.4 Å². The van der Waals surface area contributed by atoms with Gasteiger partial charge in [0.15, 0.2) is 0 Å². The maximum Gasteiger partial charge on any atom is 0.335 e. The lowest BCUT2D eigenvalue weighted by molar-refractivity contribution is 0.0696. The summed E-state index contributed by atoms with van der Waals surface area (Å²) in [4.78, 5) is 11.1. The molecule has 128 valence electrons. The molecule has 0 aromatic heterocycles. The van der Waals surface area contributed by atoms with Gasteiger partial charge in [-0.2, -0.15) is 0 Å². The third kappa shape index (κ3) is 4.48. The molecule has 0 aliphatic carbocycles. The highest BCUT2D eigenvalue weighted by atomic mass is 32.2. The Labute approximate surface area is 141 Å². The normalized spacial score (nSPS) is 11.8. The van der Waals surface area contributed by atoms with Crippen LogP contribution in [0.25, 0.3) is 0 Å². The Balaban J connectivity index is 2.52. The smallest absolute Gasteiger partial charge is 0.335 e. The lowest BCUT2D eigenvalue weighted by Gasteiger charge is -2.24. The Morgan fingerprint density at radius 2 is 1.67 bits per heavy atom. The van der Waals surface area contributed by atoms with Crippen molar-refractivity contribution in [2.75, 3.05) is 10.0 Å². The van der Waals surface area contributed by atoms with E-state index in [4.69, 9.17) is 5.11 Å². The molecule has 0 radical (unpaired) electrons. The van der Waals surface area contributed by atoms with Crippen LogP contribution in [0, 0.1) is 0 Å². The monoisotopic (exact) mass is 348 g/mol. The third-order valence-corrected chi connectivity index (χ3v) is 4.47. The molecule has 0 aliphatic rings. The van der Waals surface area contributed by atoms with Gasteiger partial charge in [-0.25, -0.2) is 13.2 Å². The number of rotatable bonds is 5. The zero-order valence-corrected chi connectivity index (χ0v) is 14.5. The van der Waals surface area contributed by atoms with E-state index in [-0.39, 0.29) is 16.0 Å². The molecule has 0 saturated carbocycles. The maximum atomic E-state index is 12.7. The number of carbonyl (C=O) groups is 1. The predicted octanol–water partition coefficient (Wildman–Crippen LogP) is 3.40. The van der Waals surface area contributed by atoms with Gasteiger partial charge in [0.05, 0.1) is 11.3 Å². The van der Waals surface area contributed by atoms with Crippen LogP contribution in [0.5, 0.6) is 0 Å². The van der Waals surface area contributed by atoms with Gasteiger partial charge >= 0.3 is 5.97 Å². The maximum absolute atomic E-state index is 12.7. The molecule has 0 bridgehead atoms. The number of para-hydroxylation sites is 1. The molecule has 0 spiro atoms. The van der Waals surface area contributed by atoms with Gasteiger partial charge in [0, 0.05) is 11.2 Å². The molecule has 2 rings (SSSR count). The van der Waals surface area contributed by atoms with Crippen molar-refractivity contribution in [3.63, 3.8) is 0 Å². The molecule has 24 heavy (non-hydrogen) atoms. The largest absolute Gasteiger partial charge is 0.478 e. The fraction of sp³-hybridized carbons (Fsp3) is 0.235. The molecule has 0 aliphatic heterocycles. The van der Waals surface area contributed by atoms with Gasteiger partial charge < -0.3 is 10.4 Å². The number of aromatic carboxylic acids is 1. The minimum absolute atomic E-state index is 0.0945. The molecule has 0 saturated heterocycles. The number of hydrogen-bond donors (Lipinski definition) is 3. The number of nitrogens with one attached hydrogen (secondary N) is 2. The summed E-state index contributed by atoms with van der Waals surface area (Å²) >= 11 is 0. The molecule has 2 aromatic rings. The van der Waals surface area contributed by atoms with Crippen molar-refractivity contribution in [3.8, 4) is 0 Å². The molecule has 7 heteroatoms. The van der Waals surface area contributed by atoms with Crippen molar-refractivity contribution in [2.45, 2.75) is 31.2 Å². The number of sulfonamides is 1. The first-order chi connectivity index (χ1) is 11.1. The van der Waals surface area contributed by atoms with Crippen LogP contribution < -0.4 is 10.0 Å². The molecule has 0 fully saturated rings. The highest BCUT2D eigenvalue weighted by Gasteiger charge is 2.23. The average molecular weight is 348 g/mol. The Morgan fingerprint density at radius 3 is 2.21 bits per heavy atom. The highest BCUT2D eigenvalue weighted by molar-refractivity contribution is 7.92. The van der Waals surface area contributed by atoms with Crippen LogP contribution >= 0.6 is 0 Å². The first-order valence-corrected chi connectivity index (χ1v) is 8.80. The van der Waals surface area contributed by atoms with E-state index in [1.807, 2.05) is 20.8 Å². The Kier molecular flexibility index (Phi) is 4.84. The van der Waals surface area contributed by atoms with Gasteiger partial charge in [0.25, 0.3) is 10.0 Å². The van der Waals surface area contributed by atoms with Crippen LogP contribution in [0.3, 0.4) is 0 Å². The minimum atomic E-state index is -3.95. The quantitative estimate of drug-likeness (QED) is 0.770. The number of carboxylic acids is 1. The van der Waals surface area contributed by atoms with Gasteiger partial charge in [-0.3, -0.25) is 4.72 Å². The van der Waals surface area contributed by atoms with E-state index in [0.717, 1.165) is 6.07 Å². The van der Waals surface area contributed by atoms with Crippen molar-refractivity contribution in [3.05, 3.63) is 54.1 Å².